The van der Waals surface area contributed by atoms with Crippen molar-refractivity contribution in [3.05, 3.63) is 23.3 Å². The van der Waals surface area contributed by atoms with Gasteiger partial charge in [0, 0.05) is 12.0 Å². The molecule has 92 valence electrons. The van der Waals surface area contributed by atoms with Crippen LogP contribution in [0.5, 0.6) is 11.5 Å². The molecule has 0 bridgehead atoms. The molecule has 1 aromatic rings. The molecule has 3 heteroatoms. The number of ether oxygens (including phenoxy) is 2. The molecule has 3 rings (SSSR count). The van der Waals surface area contributed by atoms with Gasteiger partial charge in [0.25, 0.3) is 0 Å². The van der Waals surface area contributed by atoms with Gasteiger partial charge in [-0.15, -0.1) is 0 Å². The molecule has 0 amide bonds. The van der Waals surface area contributed by atoms with Crippen molar-refractivity contribution in [2.75, 3.05) is 19.8 Å². The van der Waals surface area contributed by atoms with E-state index in [2.05, 4.69) is 0 Å². The number of hydrogen-bond donors (Lipinski definition) is 1. The average Bonchev–Trinajstić information content (AvgIpc) is 3.10. The summed E-state index contributed by atoms with van der Waals surface area (Å²) < 4.78 is 11.7. The highest BCUT2D eigenvalue weighted by Crippen LogP contribution is 2.49. The number of hydrogen-bond acceptors (Lipinski definition) is 3. The van der Waals surface area contributed by atoms with Crippen LogP contribution >= 0.6 is 0 Å². The molecule has 17 heavy (non-hydrogen) atoms. The molecule has 2 aliphatic rings. The Kier molecular flexibility index (Phi) is 2.51. The minimum absolute atomic E-state index is 0.171. The van der Waals surface area contributed by atoms with E-state index >= 15 is 0 Å². The van der Waals surface area contributed by atoms with E-state index in [0.29, 0.717) is 6.42 Å². The SMILES string of the molecule is Cc1cc2c(cc1CCO)OCC1(CC1)CO2. The first-order valence-electron chi connectivity index (χ1n) is 6.22. The van der Waals surface area contributed by atoms with Crippen LogP contribution in [0.3, 0.4) is 0 Å². The molecule has 1 fully saturated rings. The summed E-state index contributed by atoms with van der Waals surface area (Å²) in [6, 6.07) is 4.05. The third-order valence-electron chi connectivity index (χ3n) is 3.81. The quantitative estimate of drug-likeness (QED) is 0.851. The molecule has 0 unspecified atom stereocenters. The minimum atomic E-state index is 0.171. The van der Waals surface area contributed by atoms with Crippen molar-refractivity contribution in [1.82, 2.24) is 0 Å². The molecule has 0 aromatic heterocycles. The van der Waals surface area contributed by atoms with Crippen LogP contribution in [0.2, 0.25) is 0 Å². The van der Waals surface area contributed by atoms with Crippen molar-refractivity contribution in [2.45, 2.75) is 26.2 Å². The van der Waals surface area contributed by atoms with Crippen molar-refractivity contribution in [3.63, 3.8) is 0 Å². The fraction of sp³-hybridized carbons (Fsp3) is 0.571. The van der Waals surface area contributed by atoms with Gasteiger partial charge < -0.3 is 14.6 Å². The molecule has 0 atom stereocenters. The minimum Gasteiger partial charge on any atom is -0.489 e. The van der Waals surface area contributed by atoms with E-state index in [1.165, 1.54) is 12.8 Å². The Morgan fingerprint density at radius 3 is 2.41 bits per heavy atom. The molecule has 1 heterocycles. The summed E-state index contributed by atoms with van der Waals surface area (Å²) in [5, 5.41) is 9.02. The number of aryl methyl sites for hydroxylation is 1. The van der Waals surface area contributed by atoms with Crippen LogP contribution < -0.4 is 9.47 Å². The number of rotatable bonds is 2. The fourth-order valence-electron chi connectivity index (χ4n) is 2.29. The van der Waals surface area contributed by atoms with Gasteiger partial charge in [-0.3, -0.25) is 0 Å². The monoisotopic (exact) mass is 234 g/mol. The molecule has 1 spiro atoms. The van der Waals surface area contributed by atoms with E-state index in [0.717, 1.165) is 35.8 Å². The lowest BCUT2D eigenvalue weighted by Crippen LogP contribution is -2.17. The maximum absolute atomic E-state index is 9.02. The Hall–Kier alpha value is -1.22. The molecule has 0 radical (unpaired) electrons. The van der Waals surface area contributed by atoms with Gasteiger partial charge in [0.15, 0.2) is 11.5 Å². The van der Waals surface area contributed by atoms with Gasteiger partial charge in [-0.2, -0.15) is 0 Å². The van der Waals surface area contributed by atoms with Crippen molar-refractivity contribution >= 4 is 0 Å². The second-order valence-corrected chi connectivity index (χ2v) is 5.28. The molecule has 1 saturated carbocycles. The number of fused-ring (bicyclic) bond motifs is 1. The lowest BCUT2D eigenvalue weighted by molar-refractivity contribution is 0.197. The van der Waals surface area contributed by atoms with Crippen LogP contribution in [-0.2, 0) is 6.42 Å². The third-order valence-corrected chi connectivity index (χ3v) is 3.81. The van der Waals surface area contributed by atoms with E-state index in [1.807, 2.05) is 19.1 Å². The fourth-order valence-corrected chi connectivity index (χ4v) is 2.29. The molecule has 1 aliphatic carbocycles. The van der Waals surface area contributed by atoms with Gasteiger partial charge >= 0.3 is 0 Å². The van der Waals surface area contributed by atoms with Gasteiger partial charge in [-0.05, 0) is 49.4 Å². The second kappa shape index (κ2) is 3.91. The molecule has 1 aliphatic heterocycles. The Labute approximate surface area is 101 Å². The van der Waals surface area contributed by atoms with Gasteiger partial charge in [-0.25, -0.2) is 0 Å². The molecule has 0 saturated heterocycles. The molecular formula is C14H18O3. The summed E-state index contributed by atoms with van der Waals surface area (Å²) in [5.41, 5.74) is 2.58. The highest BCUT2D eigenvalue weighted by Gasteiger charge is 2.46. The van der Waals surface area contributed by atoms with E-state index in [1.54, 1.807) is 0 Å². The predicted molar refractivity (Wildman–Crippen MR) is 64.6 cm³/mol. The van der Waals surface area contributed by atoms with Crippen molar-refractivity contribution < 1.29 is 14.6 Å². The smallest absolute Gasteiger partial charge is 0.161 e. The number of benzene rings is 1. The molecule has 1 aromatic carbocycles. The largest absolute Gasteiger partial charge is 0.489 e. The van der Waals surface area contributed by atoms with Gasteiger partial charge in [-0.1, -0.05) is 0 Å². The van der Waals surface area contributed by atoms with Crippen LogP contribution in [0.1, 0.15) is 24.0 Å². The lowest BCUT2D eigenvalue weighted by atomic mass is 10.1. The van der Waals surface area contributed by atoms with Crippen LogP contribution in [-0.4, -0.2) is 24.9 Å². The van der Waals surface area contributed by atoms with Crippen molar-refractivity contribution in [1.29, 1.82) is 0 Å². The van der Waals surface area contributed by atoms with E-state index in [-0.39, 0.29) is 12.0 Å². The maximum atomic E-state index is 9.02. The zero-order valence-corrected chi connectivity index (χ0v) is 10.2. The van der Waals surface area contributed by atoms with Gasteiger partial charge in [0.2, 0.25) is 0 Å². The van der Waals surface area contributed by atoms with E-state index in [9.17, 15) is 0 Å². The molecule has 1 N–H and O–H groups in total. The normalized spacial score (nSPS) is 20.1. The summed E-state index contributed by atoms with van der Waals surface area (Å²) in [7, 11) is 0. The Bertz CT molecular complexity index is 435. The van der Waals surface area contributed by atoms with Gasteiger partial charge in [0.05, 0.1) is 13.2 Å². The Morgan fingerprint density at radius 1 is 1.18 bits per heavy atom. The summed E-state index contributed by atoms with van der Waals surface area (Å²) >= 11 is 0. The molecular weight excluding hydrogens is 216 g/mol. The zero-order valence-electron chi connectivity index (χ0n) is 10.2. The molecule has 3 nitrogen and oxygen atoms in total. The Morgan fingerprint density at radius 2 is 1.82 bits per heavy atom. The summed E-state index contributed by atoms with van der Waals surface area (Å²) in [6.07, 6.45) is 3.10. The van der Waals surface area contributed by atoms with Gasteiger partial charge in [0.1, 0.15) is 0 Å². The maximum Gasteiger partial charge on any atom is 0.161 e. The third kappa shape index (κ3) is 2.00. The summed E-state index contributed by atoms with van der Waals surface area (Å²) in [5.74, 6) is 1.69. The summed E-state index contributed by atoms with van der Waals surface area (Å²) in [4.78, 5) is 0. The topological polar surface area (TPSA) is 38.7 Å². The van der Waals surface area contributed by atoms with Crippen LogP contribution in [0.4, 0.5) is 0 Å². The average molecular weight is 234 g/mol. The first-order chi connectivity index (χ1) is 8.22. The van der Waals surface area contributed by atoms with Crippen LogP contribution in [0.25, 0.3) is 0 Å². The first-order valence-corrected chi connectivity index (χ1v) is 6.22. The van der Waals surface area contributed by atoms with E-state index < -0.39 is 0 Å². The number of aliphatic hydroxyl groups is 1. The lowest BCUT2D eigenvalue weighted by Gasteiger charge is -2.11. The standard InChI is InChI=1S/C14H18O3/c1-10-6-12-13(7-11(10)2-5-15)17-9-14(3-4-14)8-16-12/h6-7,15H,2-5,8-9H2,1H3. The summed E-state index contributed by atoms with van der Waals surface area (Å²) in [6.45, 7) is 3.76. The first kappa shape index (κ1) is 10.9. The van der Waals surface area contributed by atoms with E-state index in [4.69, 9.17) is 14.6 Å². The highest BCUT2D eigenvalue weighted by molar-refractivity contribution is 5.47. The highest BCUT2D eigenvalue weighted by atomic mass is 16.5. The predicted octanol–water partition coefficient (Wildman–Crippen LogP) is 2.08. The van der Waals surface area contributed by atoms with Crippen LogP contribution in [0, 0.1) is 12.3 Å². The van der Waals surface area contributed by atoms with Crippen molar-refractivity contribution in [2.24, 2.45) is 5.41 Å². The number of aliphatic hydroxyl groups excluding tert-OH is 1. The zero-order chi connectivity index (χ0) is 11.9. The Balaban J connectivity index is 1.90. The van der Waals surface area contributed by atoms with Crippen molar-refractivity contribution in [3.8, 4) is 11.5 Å². The van der Waals surface area contributed by atoms with Crippen LogP contribution in [0.15, 0.2) is 12.1 Å². The second-order valence-electron chi connectivity index (χ2n) is 5.28.